The number of nitrogens with one attached hydrogen (secondary N) is 3. The Balaban J connectivity index is 0.000000798. The van der Waals surface area contributed by atoms with E-state index >= 15 is 0 Å². The molecule has 0 saturated carbocycles. The number of hydrogen-bond donors (Lipinski definition) is 3. The topological polar surface area (TPSA) is 211 Å². The summed E-state index contributed by atoms with van der Waals surface area (Å²) < 4.78 is 22.6. The number of carbonyl (C=O) groups excluding carboxylic acids is 1. The van der Waals surface area contributed by atoms with Gasteiger partial charge in [0.25, 0.3) is 11.5 Å². The predicted octanol–water partition coefficient (Wildman–Crippen LogP) is 35.4. The number of aryl methyl sites for hydroxylation is 10. The van der Waals surface area contributed by atoms with Crippen LogP contribution in [0.1, 0.15) is 266 Å². The number of H-pyrrole nitrogens is 3. The van der Waals surface area contributed by atoms with Gasteiger partial charge in [-0.05, 0) is 241 Å². The van der Waals surface area contributed by atoms with Crippen molar-refractivity contribution >= 4 is 105 Å². The van der Waals surface area contributed by atoms with Gasteiger partial charge in [-0.25, -0.2) is 24.8 Å². The van der Waals surface area contributed by atoms with Crippen molar-refractivity contribution in [2.45, 2.75) is 267 Å². The largest absolute Gasteiger partial charge is 0.493 e. The highest BCUT2D eigenvalue weighted by molar-refractivity contribution is 7.16. The van der Waals surface area contributed by atoms with E-state index in [-0.39, 0.29) is 17.2 Å². The van der Waals surface area contributed by atoms with Gasteiger partial charge >= 0.3 is 5.69 Å². The van der Waals surface area contributed by atoms with Gasteiger partial charge in [0.15, 0.2) is 16.5 Å². The van der Waals surface area contributed by atoms with Crippen molar-refractivity contribution in [3.05, 3.63) is 402 Å². The lowest BCUT2D eigenvalue weighted by molar-refractivity contribution is -0.135. The molecule has 802 valence electrons. The summed E-state index contributed by atoms with van der Waals surface area (Å²) in [5.74, 6) is 3.65. The number of amides is 1. The molecule has 24 rings (SSSR count). The van der Waals surface area contributed by atoms with Crippen molar-refractivity contribution < 1.29 is 19.0 Å². The molecule has 149 heavy (non-hydrogen) atoms. The zero-order valence-electron chi connectivity index (χ0n) is 96.7. The molecule has 4 aliphatic heterocycles. The molecule has 6 aliphatic rings. The number of pyridine rings is 3. The SMILES string of the molecule is CC.CC.CC.CC.CC.CC.CC.CC.CC.CC.CC.CC.CC1=CCN2C=CC=CN2C1=O.CC1=Cc2ccccc2C1.CC1CCc2ccccc21.Cc1c[nH]c2ccccc12.Cc1cc2ccccc2[nH]c1=O.Cc1ccc2c(c1)CCO2.Cc1ccc2c(c1)OCO2.Cc1ccc2cnccc2n1.Cc1ccc2ncsc2c1.Cc1cnc2sccn12.Cn1c(=O)[nH]c2ccccc21.Cn1cnc2ccccc21. The van der Waals surface area contributed by atoms with E-state index in [0.717, 1.165) is 115 Å². The number of hydrazine groups is 1. The molecule has 1 atom stereocenters. The van der Waals surface area contributed by atoms with E-state index in [0.29, 0.717) is 6.79 Å². The second-order valence-electron chi connectivity index (χ2n) is 30.9. The fourth-order valence-electron chi connectivity index (χ4n) is 14.4. The number of benzene rings is 9. The Kier molecular flexibility index (Phi) is 69.5. The molecule has 0 saturated heterocycles. The third-order valence-electron chi connectivity index (χ3n) is 21.4. The lowest BCUT2D eigenvalue weighted by Gasteiger charge is -2.35. The zero-order valence-corrected chi connectivity index (χ0v) is 98.3. The standard InChI is InChI=1S/C10H9NO.C10H10.C10H12.C9H10N2O.C9H8N2.C9H9N.C9H10O.C8H8N2O.C8H8N2.C8H7NS.C8H8O2.C6H6N2S.12C2H6/c1-7-6-8-4-2-3-5-9(8)11-10(7)12;1-8-6-9-4-2-3-5-10(9)7-8;1-8-6-7-9-4-2-3-5-10(8)9;1-8-4-7-10-5-2-3-6-11(10)9(8)12;1-7-2-3-8-6-10-5-4-9(8)11-7;1-7-6-10-9-5-3-2-4-8(7)9;1-7-2-3-9-8(6-7)4-5-10-9;1-10-7-5-3-2-4-6(7)9-8(10)11;1-10-6-9-7-4-2-3-5-8(7)10;2*1-6-2-3-7-8(4-6)10-5-9-7;1-5-4-7-6-8(5)2-3-9-6;12*1-2/h2-6H,1H3,(H,11,12);2-6H,7H2,1H3;2-5,8H,6-7H2,1H3;2-6H,7H2,1H3;2-6H,1H3;2-6,10H,1H3;2-3,6H,4-5H2,1H3;2-5H,1H3,(H,9,11);2-6H,1H3;2-5H,1H3;2-4H,5H2,1H3;2-4H,1H3;12*1-2H3. The van der Waals surface area contributed by atoms with Crippen LogP contribution >= 0.6 is 22.7 Å². The summed E-state index contributed by atoms with van der Waals surface area (Å²) in [5.41, 5.74) is 27.9. The molecule has 9 aromatic carbocycles. The van der Waals surface area contributed by atoms with Gasteiger partial charge in [-0.2, -0.15) is 0 Å². The number of nitrogens with zero attached hydrogens (tertiary/aromatic N) is 10. The Morgan fingerprint density at radius 1 is 0.463 bits per heavy atom. The summed E-state index contributed by atoms with van der Waals surface area (Å²) in [6, 6.07) is 75.5. The van der Waals surface area contributed by atoms with Gasteiger partial charge in [0.05, 0.1) is 62.8 Å². The smallest absolute Gasteiger partial charge is 0.326 e. The average molecular weight is 2060 g/mol. The minimum absolute atomic E-state index is 0.00583. The van der Waals surface area contributed by atoms with Crippen LogP contribution in [0.3, 0.4) is 0 Å². The molecule has 9 aromatic heterocycles. The minimum atomic E-state index is -0.0637. The number of hydrogen-bond acceptors (Lipinski definition) is 14. The van der Waals surface area contributed by atoms with Gasteiger partial charge in [-0.1, -0.05) is 330 Å². The molecule has 0 fully saturated rings. The maximum absolute atomic E-state index is 11.5. The van der Waals surface area contributed by atoms with E-state index in [1.807, 2.05) is 399 Å². The van der Waals surface area contributed by atoms with Crippen LogP contribution < -0.4 is 25.5 Å². The Bertz CT molecular complexity index is 6830. The molecule has 0 radical (unpaired) electrons. The Morgan fingerprint density at radius 3 is 1.72 bits per heavy atom. The maximum atomic E-state index is 11.5. The number of aromatic nitrogens is 11. The minimum Gasteiger partial charge on any atom is -0.493 e. The van der Waals surface area contributed by atoms with Gasteiger partial charge in [0.2, 0.25) is 6.79 Å². The summed E-state index contributed by atoms with van der Waals surface area (Å²) in [6.45, 7) is 70.5. The molecule has 3 N–H and O–H groups in total. The van der Waals surface area contributed by atoms with Crippen molar-refractivity contribution in [3.63, 3.8) is 0 Å². The first kappa shape index (κ1) is 133. The number of thiazole rings is 2. The highest BCUT2D eigenvalue weighted by atomic mass is 32.1. The molecule has 0 bridgehead atoms. The second-order valence-corrected chi connectivity index (χ2v) is 32.7. The summed E-state index contributed by atoms with van der Waals surface area (Å²) in [5, 5.41) is 9.02. The molecule has 0 spiro atoms. The first-order chi connectivity index (χ1) is 72.7. The Morgan fingerprint density at radius 2 is 1.05 bits per heavy atom. The van der Waals surface area contributed by atoms with Crippen LogP contribution in [0.15, 0.2) is 324 Å². The lowest BCUT2D eigenvalue weighted by Crippen LogP contribution is -2.44. The first-order valence-electron chi connectivity index (χ1n) is 53.7. The van der Waals surface area contributed by atoms with Gasteiger partial charge in [-0.15, -0.1) is 22.7 Å². The van der Waals surface area contributed by atoms with E-state index in [1.54, 1.807) is 62.8 Å². The van der Waals surface area contributed by atoms with Crippen LogP contribution in [0.25, 0.3) is 76.0 Å². The quantitative estimate of drug-likeness (QED) is 0.129. The van der Waals surface area contributed by atoms with Crippen LogP contribution in [0.2, 0.25) is 0 Å². The van der Waals surface area contributed by atoms with Crippen LogP contribution in [0, 0.1) is 48.5 Å². The van der Waals surface area contributed by atoms with Gasteiger partial charge in [-0.3, -0.25) is 33.5 Å². The van der Waals surface area contributed by atoms with Crippen LogP contribution in [0.4, 0.5) is 0 Å². The van der Waals surface area contributed by atoms with Gasteiger partial charge < -0.3 is 33.7 Å². The van der Waals surface area contributed by atoms with E-state index < -0.39 is 0 Å². The fourth-order valence-corrected chi connectivity index (χ4v) is 15.9. The number of carbonyl (C=O) groups is 1. The number of ether oxygens (including phenoxy) is 3. The number of imidazole rings is 3. The molecule has 19 nitrogen and oxygen atoms in total. The fraction of sp³-hybridized carbons (Fsp3) is 0.344. The van der Waals surface area contributed by atoms with Crippen molar-refractivity contribution in [1.29, 1.82) is 0 Å². The van der Waals surface area contributed by atoms with E-state index in [1.165, 1.54) is 84.2 Å². The normalized spacial score (nSPS) is 11.7. The van der Waals surface area contributed by atoms with E-state index in [4.69, 9.17) is 14.2 Å². The first-order valence-corrected chi connectivity index (χ1v) is 55.4. The molecule has 2 aliphatic carbocycles. The lowest BCUT2D eigenvalue weighted by atomic mass is 10.0. The molecule has 1 unspecified atom stereocenters. The predicted molar refractivity (Wildman–Crippen MR) is 649 cm³/mol. The third-order valence-corrected chi connectivity index (χ3v) is 22.9. The summed E-state index contributed by atoms with van der Waals surface area (Å²) in [6.07, 6.45) is 27.8. The summed E-state index contributed by atoms with van der Waals surface area (Å²) >= 11 is 3.35. The van der Waals surface area contributed by atoms with Crippen LogP contribution in [-0.2, 0) is 38.2 Å². The van der Waals surface area contributed by atoms with Crippen LogP contribution in [-0.4, -0.2) is 89.3 Å². The van der Waals surface area contributed by atoms with E-state index in [9.17, 15) is 14.4 Å². The number of aromatic amines is 3. The summed E-state index contributed by atoms with van der Waals surface area (Å²) in [7, 11) is 3.75. The van der Waals surface area contributed by atoms with Crippen molar-refractivity contribution in [3.8, 4) is 17.2 Å². The number of fused-ring (bicyclic) bond motifs is 12. The number of para-hydroxylation sites is 6. The Labute approximate surface area is 901 Å². The maximum Gasteiger partial charge on any atom is 0.326 e. The zero-order chi connectivity index (χ0) is 112. The number of rotatable bonds is 0. The van der Waals surface area contributed by atoms with E-state index in [2.05, 4.69) is 194 Å². The molecule has 13 heterocycles. The highest BCUT2D eigenvalue weighted by Crippen LogP contribution is 2.34. The van der Waals surface area contributed by atoms with Crippen molar-refractivity contribution in [2.75, 3.05) is 19.9 Å². The van der Waals surface area contributed by atoms with Crippen LogP contribution in [0.5, 0.6) is 17.2 Å². The second kappa shape index (κ2) is 78.0. The molecular weight excluding hydrogens is 1880 g/mol. The molecule has 21 heteroatoms. The Hall–Kier alpha value is -14.3. The number of allylic oxidation sites excluding steroid dienone is 3. The van der Waals surface area contributed by atoms with Gasteiger partial charge in [0, 0.05) is 114 Å². The van der Waals surface area contributed by atoms with Crippen molar-refractivity contribution in [1.82, 2.24) is 63.4 Å². The van der Waals surface area contributed by atoms with Gasteiger partial charge in [0.1, 0.15) is 5.75 Å². The molecular formula is C128H177N13O6S2. The van der Waals surface area contributed by atoms with Crippen molar-refractivity contribution in [2.24, 2.45) is 14.1 Å². The average Bonchev–Trinajstić information content (AvgIpc) is 1.63. The third kappa shape index (κ3) is 43.6. The summed E-state index contributed by atoms with van der Waals surface area (Å²) in [4.78, 5) is 64.4. The monoisotopic (exact) mass is 2060 g/mol. The molecule has 1 amide bonds. The highest BCUT2D eigenvalue weighted by Gasteiger charge is 2.23. The molecule has 18 aromatic rings.